The van der Waals surface area contributed by atoms with Gasteiger partial charge >= 0.3 is 0 Å². The molecule has 5 aromatic carbocycles. The molecule has 0 atom stereocenters. The largest absolute Gasteiger partial charge is 0.507 e. The number of hydrogen-bond donors (Lipinski definition) is 2. The molecular weight excluding hydrogens is 564 g/mol. The summed E-state index contributed by atoms with van der Waals surface area (Å²) in [7, 11) is 0. The molecule has 9 rings (SSSR count). The van der Waals surface area contributed by atoms with E-state index < -0.39 is 0 Å². The Balaban J connectivity index is 1.38. The highest BCUT2D eigenvalue weighted by Crippen LogP contribution is 2.44. The lowest BCUT2D eigenvalue weighted by molar-refractivity contribution is 0.301. The Morgan fingerprint density at radius 2 is 1.24 bits per heavy atom. The maximum Gasteiger partial charge on any atom is 0.231 e. The maximum atomic E-state index is 11.6. The van der Waals surface area contributed by atoms with Crippen molar-refractivity contribution in [2.45, 2.75) is 6.61 Å². The number of phenols is 2. The van der Waals surface area contributed by atoms with Crippen molar-refractivity contribution in [1.82, 2.24) is 15.0 Å². The highest BCUT2D eigenvalue weighted by atomic mass is 16.5. The quantitative estimate of drug-likeness (QED) is 0.146. The molecule has 2 N–H and O–H groups in total. The zero-order valence-corrected chi connectivity index (χ0v) is 23.7. The molecule has 3 aromatic heterocycles. The van der Waals surface area contributed by atoms with E-state index in [4.69, 9.17) is 24.1 Å². The van der Waals surface area contributed by atoms with Gasteiger partial charge in [-0.2, -0.15) is 0 Å². The first kappa shape index (κ1) is 25.2. The number of fused-ring (bicyclic) bond motifs is 11. The summed E-state index contributed by atoms with van der Waals surface area (Å²) < 4.78 is 12.5. The predicted octanol–water partition coefficient (Wildman–Crippen LogP) is 8.71. The van der Waals surface area contributed by atoms with Gasteiger partial charge in [-0.25, -0.2) is 15.0 Å². The fourth-order valence-corrected chi connectivity index (χ4v) is 6.21. The highest BCUT2D eigenvalue weighted by molar-refractivity contribution is 6.12. The summed E-state index contributed by atoms with van der Waals surface area (Å²) in [4.78, 5) is 19.2. The van der Waals surface area contributed by atoms with Crippen molar-refractivity contribution in [2.24, 2.45) is 4.99 Å². The minimum Gasteiger partial charge on any atom is -0.507 e. The van der Waals surface area contributed by atoms with E-state index in [1.807, 2.05) is 91.0 Å². The molecule has 0 saturated carbocycles. The molecular formula is C37H22N4O4. The molecule has 0 radical (unpaired) electrons. The molecule has 0 saturated heterocycles. The van der Waals surface area contributed by atoms with E-state index in [0.29, 0.717) is 72.6 Å². The molecule has 0 fully saturated rings. The van der Waals surface area contributed by atoms with Crippen molar-refractivity contribution in [3.05, 3.63) is 103 Å². The number of oxazole rings is 1. The molecule has 8 aromatic rings. The number of benzene rings is 5. The molecule has 4 heterocycles. The number of aliphatic imine (C=N–C) groups is 1. The van der Waals surface area contributed by atoms with E-state index in [9.17, 15) is 10.2 Å². The maximum absolute atomic E-state index is 11.6. The van der Waals surface area contributed by atoms with Gasteiger partial charge in [-0.1, -0.05) is 54.6 Å². The zero-order chi connectivity index (χ0) is 30.2. The monoisotopic (exact) mass is 586 g/mol. The second kappa shape index (κ2) is 9.36. The van der Waals surface area contributed by atoms with Gasteiger partial charge in [-0.15, -0.1) is 0 Å². The fraction of sp³-hybridized carbons (Fsp3) is 0.0270. The Labute approximate surface area is 255 Å². The Hall–Kier alpha value is -6.28. The molecule has 12 bridgehead atoms. The van der Waals surface area contributed by atoms with Crippen LogP contribution in [-0.4, -0.2) is 31.9 Å². The van der Waals surface area contributed by atoms with Gasteiger partial charge in [-0.3, -0.25) is 4.99 Å². The Kier molecular flexibility index (Phi) is 5.25. The van der Waals surface area contributed by atoms with Gasteiger partial charge in [0.1, 0.15) is 35.1 Å². The molecule has 0 unspecified atom stereocenters. The second-order valence-corrected chi connectivity index (χ2v) is 11.0. The predicted molar refractivity (Wildman–Crippen MR) is 175 cm³/mol. The summed E-state index contributed by atoms with van der Waals surface area (Å²) in [6.45, 7) is 3.90. The fourth-order valence-electron chi connectivity index (χ4n) is 6.21. The van der Waals surface area contributed by atoms with E-state index >= 15 is 0 Å². The second-order valence-electron chi connectivity index (χ2n) is 11.0. The first-order chi connectivity index (χ1) is 22.1. The van der Waals surface area contributed by atoms with Crippen LogP contribution in [0.15, 0.2) is 106 Å². The van der Waals surface area contributed by atoms with Crippen LogP contribution in [0.4, 0.5) is 5.69 Å². The topological polar surface area (TPSA) is 114 Å². The molecule has 45 heavy (non-hydrogen) atoms. The highest BCUT2D eigenvalue weighted by Gasteiger charge is 2.21. The summed E-state index contributed by atoms with van der Waals surface area (Å²) in [5, 5.41) is 26.4. The van der Waals surface area contributed by atoms with Gasteiger partial charge < -0.3 is 19.4 Å². The van der Waals surface area contributed by atoms with Crippen LogP contribution >= 0.6 is 0 Å². The van der Waals surface area contributed by atoms with Crippen molar-refractivity contribution in [3.63, 3.8) is 0 Å². The number of ether oxygens (including phenoxy) is 1. The van der Waals surface area contributed by atoms with Crippen molar-refractivity contribution in [1.29, 1.82) is 0 Å². The number of hydrogen-bond acceptors (Lipinski definition) is 8. The zero-order valence-electron chi connectivity index (χ0n) is 23.7. The number of aromatic hydroxyl groups is 2. The van der Waals surface area contributed by atoms with Gasteiger partial charge in [0.2, 0.25) is 5.89 Å². The van der Waals surface area contributed by atoms with E-state index in [1.54, 1.807) is 6.07 Å². The molecule has 1 aliphatic rings. The Bertz CT molecular complexity index is 2550. The number of nitrogens with zero attached hydrogens (tertiary/aromatic N) is 4. The van der Waals surface area contributed by atoms with Gasteiger partial charge in [0.05, 0.1) is 28.0 Å². The van der Waals surface area contributed by atoms with Crippen molar-refractivity contribution in [2.75, 3.05) is 0 Å². The van der Waals surface area contributed by atoms with Crippen LogP contribution < -0.4 is 4.74 Å². The minimum absolute atomic E-state index is 0.00340. The molecule has 8 nitrogen and oxygen atoms in total. The van der Waals surface area contributed by atoms with Gasteiger partial charge in [0.25, 0.3) is 0 Å². The third-order valence-corrected chi connectivity index (χ3v) is 8.48. The van der Waals surface area contributed by atoms with Crippen LogP contribution in [0, 0.1) is 0 Å². The van der Waals surface area contributed by atoms with Crippen molar-refractivity contribution < 1.29 is 19.4 Å². The average Bonchev–Trinajstić information content (AvgIpc) is 3.51. The first-order valence-corrected chi connectivity index (χ1v) is 14.4. The normalized spacial score (nSPS) is 12.4. The van der Waals surface area contributed by atoms with Crippen LogP contribution in [-0.2, 0) is 6.61 Å². The van der Waals surface area contributed by atoms with Gasteiger partial charge in [0.15, 0.2) is 5.58 Å². The lowest BCUT2D eigenvalue weighted by Gasteiger charge is -2.14. The Morgan fingerprint density at radius 1 is 0.622 bits per heavy atom. The van der Waals surface area contributed by atoms with Gasteiger partial charge in [-0.05, 0) is 54.6 Å². The van der Waals surface area contributed by atoms with Crippen LogP contribution in [0.3, 0.4) is 0 Å². The van der Waals surface area contributed by atoms with E-state index in [1.165, 1.54) is 0 Å². The number of pyridine rings is 2. The number of phenolic OH excluding ortho intramolecular Hbond substituents is 2. The third kappa shape index (κ3) is 3.72. The van der Waals surface area contributed by atoms with Crippen LogP contribution in [0.5, 0.6) is 17.2 Å². The molecule has 214 valence electrons. The smallest absolute Gasteiger partial charge is 0.231 e. The number of para-hydroxylation sites is 2. The summed E-state index contributed by atoms with van der Waals surface area (Å²) in [5.74, 6) is 0.810. The van der Waals surface area contributed by atoms with Crippen molar-refractivity contribution in [3.8, 4) is 51.2 Å². The third-order valence-electron chi connectivity index (χ3n) is 8.48. The van der Waals surface area contributed by atoms with Gasteiger partial charge in [0, 0.05) is 32.8 Å². The SMILES string of the molecule is C=Nc1c2ccc3ccc4oc(nc4c13)-c1cccc(c1O)-c1ccc3ccc4ccc(nc4c3n1)-c1cccc(c1O)CO2. The minimum atomic E-state index is -0.00340. The van der Waals surface area contributed by atoms with Crippen molar-refractivity contribution >= 4 is 56.1 Å². The number of rotatable bonds is 1. The van der Waals surface area contributed by atoms with E-state index in [0.717, 1.165) is 16.2 Å². The summed E-state index contributed by atoms with van der Waals surface area (Å²) in [5.41, 5.74) is 6.24. The molecule has 1 aliphatic heterocycles. The molecule has 0 spiro atoms. The Morgan fingerprint density at radius 3 is 1.98 bits per heavy atom. The summed E-state index contributed by atoms with van der Waals surface area (Å²) >= 11 is 0. The standard InChI is InChI=1S/C37H22N4O4/c1-38-33-28-16-12-19-13-17-29-34(30(19)33)41-37(45-29)25-7-3-6-24(36(25)43)27-15-11-21-9-8-20-10-14-26(39-31(20)32(21)40-27)23-5-2-4-22(18-44-28)35(23)42/h2-17,42-43H,1,18H2. The first-order valence-electron chi connectivity index (χ1n) is 14.4. The lowest BCUT2D eigenvalue weighted by atomic mass is 10.0. The van der Waals surface area contributed by atoms with Crippen LogP contribution in [0.25, 0.3) is 77.6 Å². The van der Waals surface area contributed by atoms with E-state index in [-0.39, 0.29) is 24.0 Å². The van der Waals surface area contributed by atoms with E-state index in [2.05, 4.69) is 11.7 Å². The number of aromatic nitrogens is 3. The van der Waals surface area contributed by atoms with Crippen LogP contribution in [0.2, 0.25) is 0 Å². The summed E-state index contributed by atoms with van der Waals surface area (Å²) in [6.07, 6.45) is 0. The summed E-state index contributed by atoms with van der Waals surface area (Å²) in [6, 6.07) is 30.2. The molecule has 8 heteroatoms. The van der Waals surface area contributed by atoms with Crippen LogP contribution in [0.1, 0.15) is 5.56 Å². The lowest BCUT2D eigenvalue weighted by Crippen LogP contribution is -1.98. The molecule has 0 aliphatic carbocycles. The average molecular weight is 587 g/mol. The molecule has 0 amide bonds.